The van der Waals surface area contributed by atoms with E-state index >= 15 is 0 Å². The molecule has 0 bridgehead atoms. The first-order valence-corrected chi connectivity index (χ1v) is 9.78. The van der Waals surface area contributed by atoms with Crippen LogP contribution in [0.4, 0.5) is 0 Å². The Bertz CT molecular complexity index is 1260. The first kappa shape index (κ1) is 25.6. The fourth-order valence-corrected chi connectivity index (χ4v) is 2.66. The minimum atomic E-state index is -0.652. The van der Waals surface area contributed by atoms with Gasteiger partial charge in [-0.15, -0.1) is 0 Å². The molecule has 3 rings (SSSR count). The molecule has 0 amide bonds. The summed E-state index contributed by atoms with van der Waals surface area (Å²) in [5.74, 6) is -0.589. The normalized spacial score (nSPS) is 9.97. The smallest absolute Gasteiger partial charge is 0.358 e. The molecule has 2 aromatic heterocycles. The molecule has 174 valence electrons. The van der Waals surface area contributed by atoms with Gasteiger partial charge in [0.15, 0.2) is 11.4 Å². The molecule has 3 aromatic rings. The van der Waals surface area contributed by atoms with E-state index in [2.05, 4.69) is 19.7 Å². The summed E-state index contributed by atoms with van der Waals surface area (Å²) in [4.78, 5) is 44.9. The number of halogens is 2. The van der Waals surface area contributed by atoms with Crippen molar-refractivity contribution in [1.29, 1.82) is 0 Å². The van der Waals surface area contributed by atoms with Crippen molar-refractivity contribution in [2.45, 2.75) is 6.54 Å². The minimum absolute atomic E-state index is 0.0180. The Kier molecular flexibility index (Phi) is 9.13. The van der Waals surface area contributed by atoms with Crippen LogP contribution < -0.4 is 15.9 Å². The summed E-state index contributed by atoms with van der Waals surface area (Å²) in [5, 5.41) is 9.24. The van der Waals surface area contributed by atoms with Gasteiger partial charge in [-0.3, -0.25) is 9.59 Å². The number of benzene rings is 1. The Balaban J connectivity index is 0.000000273. The predicted molar refractivity (Wildman–Crippen MR) is 118 cm³/mol. The van der Waals surface area contributed by atoms with E-state index in [4.69, 9.17) is 27.9 Å². The maximum atomic E-state index is 12.0. The summed E-state index contributed by atoms with van der Waals surface area (Å²) in [5.41, 5.74) is -0.231. The average molecular weight is 497 g/mol. The Labute approximate surface area is 196 Å². The van der Waals surface area contributed by atoms with E-state index in [1.54, 1.807) is 31.4 Å². The Morgan fingerprint density at radius 3 is 2.06 bits per heavy atom. The van der Waals surface area contributed by atoms with Gasteiger partial charge >= 0.3 is 11.9 Å². The number of nitrogens with one attached hydrogen (secondary N) is 1. The monoisotopic (exact) mass is 496 g/mol. The van der Waals surface area contributed by atoms with Gasteiger partial charge in [0.1, 0.15) is 15.8 Å². The van der Waals surface area contributed by atoms with E-state index in [9.17, 15) is 19.2 Å². The molecule has 0 saturated carbocycles. The molecule has 0 aliphatic heterocycles. The van der Waals surface area contributed by atoms with Crippen LogP contribution in [0.25, 0.3) is 0 Å². The number of methoxy groups -OCH3 is 3. The number of aromatic amines is 1. The van der Waals surface area contributed by atoms with Gasteiger partial charge in [-0.05, 0) is 29.8 Å². The number of H-pyrrole nitrogens is 1. The van der Waals surface area contributed by atoms with Crippen LogP contribution in [0.3, 0.4) is 0 Å². The summed E-state index contributed by atoms with van der Waals surface area (Å²) >= 11 is 11.3. The number of carbonyl (C=O) groups is 2. The molecule has 1 aromatic carbocycles. The predicted octanol–water partition coefficient (Wildman–Crippen LogP) is 1.95. The Hall–Kier alpha value is -3.70. The number of rotatable bonds is 5. The number of aromatic nitrogens is 4. The number of hydrogen-bond acceptors (Lipinski definition) is 9. The molecule has 0 radical (unpaired) electrons. The molecule has 0 unspecified atom stereocenters. The van der Waals surface area contributed by atoms with E-state index in [-0.39, 0.29) is 28.0 Å². The molecule has 1 N–H and O–H groups in total. The maximum Gasteiger partial charge on any atom is 0.358 e. The van der Waals surface area contributed by atoms with Gasteiger partial charge in [-0.25, -0.2) is 19.4 Å². The van der Waals surface area contributed by atoms with Gasteiger partial charge in [0, 0.05) is 0 Å². The van der Waals surface area contributed by atoms with Gasteiger partial charge < -0.3 is 14.2 Å². The molecule has 0 saturated heterocycles. The van der Waals surface area contributed by atoms with Crippen LogP contribution in [0.1, 0.15) is 26.5 Å². The zero-order valence-corrected chi connectivity index (χ0v) is 19.1. The Morgan fingerprint density at radius 1 is 0.939 bits per heavy atom. The van der Waals surface area contributed by atoms with Gasteiger partial charge in [0.05, 0.1) is 27.9 Å². The maximum absolute atomic E-state index is 12.0. The van der Waals surface area contributed by atoms with Crippen LogP contribution in [-0.2, 0) is 16.0 Å². The van der Waals surface area contributed by atoms with Crippen LogP contribution in [0.5, 0.6) is 5.75 Å². The SMILES string of the molecule is COC(=O)c1cc(Cl)c(=O)[nH]n1.COC(=O)c1cc(Cl)c(=O)n(Cc2ccc(OC)cc2)n1. The summed E-state index contributed by atoms with van der Waals surface area (Å²) in [6.45, 7) is 0.188. The molecule has 2 heterocycles. The van der Waals surface area contributed by atoms with Gasteiger partial charge in [0.2, 0.25) is 0 Å². The number of nitrogens with zero attached hydrogens (tertiary/aromatic N) is 3. The lowest BCUT2D eigenvalue weighted by atomic mass is 10.2. The molecule has 0 fully saturated rings. The average Bonchev–Trinajstić information content (AvgIpc) is 2.83. The highest BCUT2D eigenvalue weighted by molar-refractivity contribution is 6.30. The molecule has 0 aliphatic carbocycles. The molecule has 13 heteroatoms. The van der Waals surface area contributed by atoms with E-state index in [1.807, 2.05) is 5.10 Å². The first-order chi connectivity index (χ1) is 15.7. The third-order valence-corrected chi connectivity index (χ3v) is 4.52. The van der Waals surface area contributed by atoms with Gasteiger partial charge in [0.25, 0.3) is 11.1 Å². The van der Waals surface area contributed by atoms with E-state index in [0.717, 1.165) is 16.3 Å². The van der Waals surface area contributed by atoms with Crippen molar-refractivity contribution in [3.63, 3.8) is 0 Å². The lowest BCUT2D eigenvalue weighted by Crippen LogP contribution is -2.26. The number of ether oxygens (including phenoxy) is 3. The van der Waals surface area contributed by atoms with Crippen LogP contribution in [0.15, 0.2) is 46.0 Å². The third-order valence-electron chi connectivity index (χ3n) is 3.97. The van der Waals surface area contributed by atoms with Crippen molar-refractivity contribution in [3.8, 4) is 5.75 Å². The van der Waals surface area contributed by atoms with Crippen molar-refractivity contribution in [3.05, 3.63) is 84.1 Å². The number of carbonyl (C=O) groups excluding carboxylic acids is 2. The first-order valence-electron chi connectivity index (χ1n) is 9.02. The summed E-state index contributed by atoms with van der Waals surface area (Å²) in [6, 6.07) is 9.47. The van der Waals surface area contributed by atoms with Crippen LogP contribution in [0.2, 0.25) is 10.0 Å². The highest BCUT2D eigenvalue weighted by Crippen LogP contribution is 2.12. The second-order valence-electron chi connectivity index (χ2n) is 6.10. The lowest BCUT2D eigenvalue weighted by molar-refractivity contribution is 0.0583. The number of esters is 2. The standard InChI is InChI=1S/C14H13ClN2O4.C6H5ClN2O3/c1-20-10-5-3-9(4-6-10)8-17-13(18)11(15)7-12(16-17)14(19)21-2;1-12-6(11)4-2-3(7)5(10)9-8-4/h3-7H,8H2,1-2H3;2H,1H3,(H,9,10). The van der Waals surface area contributed by atoms with Crippen LogP contribution >= 0.6 is 23.2 Å². The summed E-state index contributed by atoms with van der Waals surface area (Å²) in [7, 11) is 4.01. The fraction of sp³-hybridized carbons (Fsp3) is 0.200. The summed E-state index contributed by atoms with van der Waals surface area (Å²) < 4.78 is 15.1. The van der Waals surface area contributed by atoms with Gasteiger partial charge in [-0.1, -0.05) is 35.3 Å². The topological polar surface area (TPSA) is 142 Å². The molecule has 33 heavy (non-hydrogen) atoms. The largest absolute Gasteiger partial charge is 0.497 e. The van der Waals surface area contributed by atoms with Crippen molar-refractivity contribution >= 4 is 35.1 Å². The van der Waals surface area contributed by atoms with E-state index in [1.165, 1.54) is 20.3 Å². The zero-order chi connectivity index (χ0) is 24.5. The summed E-state index contributed by atoms with van der Waals surface area (Å²) in [6.07, 6.45) is 0. The molecule has 0 atom stereocenters. The zero-order valence-electron chi connectivity index (χ0n) is 17.6. The van der Waals surface area contributed by atoms with Crippen molar-refractivity contribution < 1.29 is 23.8 Å². The highest BCUT2D eigenvalue weighted by Gasteiger charge is 2.13. The molecular formula is C20H18Cl2N4O7. The van der Waals surface area contributed by atoms with Crippen LogP contribution in [0, 0.1) is 0 Å². The highest BCUT2D eigenvalue weighted by atomic mass is 35.5. The Morgan fingerprint density at radius 2 is 1.52 bits per heavy atom. The van der Waals surface area contributed by atoms with Crippen LogP contribution in [-0.4, -0.2) is 53.2 Å². The molecule has 0 spiro atoms. The second kappa shape index (κ2) is 11.8. The van der Waals surface area contributed by atoms with Crippen molar-refractivity contribution in [2.24, 2.45) is 0 Å². The van der Waals surface area contributed by atoms with E-state index < -0.39 is 23.1 Å². The fourth-order valence-electron chi connectivity index (χ4n) is 2.32. The van der Waals surface area contributed by atoms with Crippen molar-refractivity contribution in [2.75, 3.05) is 21.3 Å². The van der Waals surface area contributed by atoms with Crippen molar-refractivity contribution in [1.82, 2.24) is 20.0 Å². The quantitative estimate of drug-likeness (QED) is 0.524. The molecular weight excluding hydrogens is 479 g/mol. The molecule has 0 aliphatic rings. The molecule has 11 nitrogen and oxygen atoms in total. The second-order valence-corrected chi connectivity index (χ2v) is 6.92. The lowest BCUT2D eigenvalue weighted by Gasteiger charge is -2.08. The van der Waals surface area contributed by atoms with E-state index in [0.29, 0.717) is 5.75 Å². The number of hydrogen-bond donors (Lipinski definition) is 1. The van der Waals surface area contributed by atoms with Gasteiger partial charge in [-0.2, -0.15) is 10.2 Å². The third kappa shape index (κ3) is 6.89. The minimum Gasteiger partial charge on any atom is -0.497 e.